The molecule has 0 aromatic heterocycles. The lowest BCUT2D eigenvalue weighted by Crippen LogP contribution is -2.55. The van der Waals surface area contributed by atoms with E-state index < -0.39 is 24.4 Å². The summed E-state index contributed by atoms with van der Waals surface area (Å²) in [4.78, 5) is 0. The normalized spacial score (nSPS) is 24.7. The molecule has 1 saturated heterocycles. The van der Waals surface area contributed by atoms with Crippen molar-refractivity contribution in [1.82, 2.24) is 0 Å². The zero-order valence-corrected chi connectivity index (χ0v) is 19.4. The van der Waals surface area contributed by atoms with E-state index in [2.05, 4.69) is 19.1 Å². The summed E-state index contributed by atoms with van der Waals surface area (Å²) >= 11 is 0. The second-order valence-corrected chi connectivity index (χ2v) is 8.74. The van der Waals surface area contributed by atoms with Gasteiger partial charge in [-0.05, 0) is 32.1 Å². The van der Waals surface area contributed by atoms with Gasteiger partial charge in [-0.3, -0.25) is 0 Å². The van der Waals surface area contributed by atoms with Gasteiger partial charge in [-0.15, -0.1) is 0 Å². The molecular weight excluding hydrogens is 380 g/mol. The molecule has 1 aliphatic heterocycles. The third-order valence-corrected chi connectivity index (χ3v) is 6.00. The predicted octanol–water partition coefficient (Wildman–Crippen LogP) is 4.91. The van der Waals surface area contributed by atoms with E-state index in [9.17, 15) is 10.2 Å². The molecule has 1 rings (SSSR count). The first-order valence-electron chi connectivity index (χ1n) is 12.6. The lowest BCUT2D eigenvalue weighted by molar-refractivity contribution is -0.208. The van der Waals surface area contributed by atoms with Crippen LogP contribution in [0.15, 0.2) is 12.2 Å². The van der Waals surface area contributed by atoms with Gasteiger partial charge in [-0.1, -0.05) is 83.3 Å². The number of ether oxygens (including phenoxy) is 2. The van der Waals surface area contributed by atoms with Crippen LogP contribution in [0, 0.1) is 0 Å². The molecule has 178 valence electrons. The molecular formula is C25H48O5. The number of hydrogen-bond donors (Lipinski definition) is 3. The molecule has 30 heavy (non-hydrogen) atoms. The number of unbranched alkanes of at least 4 members (excludes halogenated alkanes) is 13. The Morgan fingerprint density at radius 2 is 1.30 bits per heavy atom. The highest BCUT2D eigenvalue weighted by Crippen LogP contribution is 2.18. The van der Waals surface area contributed by atoms with Crippen LogP contribution in [0.4, 0.5) is 0 Å². The summed E-state index contributed by atoms with van der Waals surface area (Å²) in [6.07, 6.45) is 20.7. The number of allylic oxidation sites excluding steroid dienone is 2. The molecule has 5 nitrogen and oxygen atoms in total. The van der Waals surface area contributed by atoms with E-state index in [1.165, 1.54) is 77.0 Å². The standard InChI is InChI=1S/C25H48O5/c1-2-3-4-5-6-7-8-9-10-11-12-13-14-15-16-17-18-19-29-23-21-30-22(20-26)24(27)25(23)28/h12-13,22-28H,2-11,14-21H2,1H3/b13-12+/t22-,23+,24-,25-/m1/s1. The lowest BCUT2D eigenvalue weighted by Gasteiger charge is -2.36. The highest BCUT2D eigenvalue weighted by atomic mass is 16.6. The van der Waals surface area contributed by atoms with Gasteiger partial charge in [-0.2, -0.15) is 0 Å². The zero-order chi connectivity index (χ0) is 21.9. The fraction of sp³-hybridized carbons (Fsp3) is 0.920. The van der Waals surface area contributed by atoms with E-state index in [4.69, 9.17) is 14.6 Å². The van der Waals surface area contributed by atoms with E-state index in [1.807, 2.05) is 0 Å². The first kappa shape index (κ1) is 27.6. The summed E-state index contributed by atoms with van der Waals surface area (Å²) in [6.45, 7) is 2.76. The van der Waals surface area contributed by atoms with Gasteiger partial charge in [-0.25, -0.2) is 0 Å². The quantitative estimate of drug-likeness (QED) is 0.201. The maximum atomic E-state index is 10.0. The van der Waals surface area contributed by atoms with Crippen molar-refractivity contribution in [3.05, 3.63) is 12.2 Å². The van der Waals surface area contributed by atoms with Crippen LogP contribution in [0.25, 0.3) is 0 Å². The van der Waals surface area contributed by atoms with Crippen molar-refractivity contribution in [2.75, 3.05) is 19.8 Å². The topological polar surface area (TPSA) is 79.2 Å². The van der Waals surface area contributed by atoms with Crippen LogP contribution in [-0.2, 0) is 9.47 Å². The van der Waals surface area contributed by atoms with Crippen molar-refractivity contribution in [2.45, 2.75) is 128 Å². The van der Waals surface area contributed by atoms with Gasteiger partial charge < -0.3 is 24.8 Å². The van der Waals surface area contributed by atoms with Gasteiger partial charge >= 0.3 is 0 Å². The highest BCUT2D eigenvalue weighted by molar-refractivity contribution is 4.87. The predicted molar refractivity (Wildman–Crippen MR) is 123 cm³/mol. The van der Waals surface area contributed by atoms with Gasteiger partial charge in [0.05, 0.1) is 13.2 Å². The fourth-order valence-corrected chi connectivity index (χ4v) is 3.92. The number of aliphatic hydroxyl groups excluding tert-OH is 3. The molecule has 0 saturated carbocycles. The summed E-state index contributed by atoms with van der Waals surface area (Å²) < 4.78 is 11.0. The molecule has 4 atom stereocenters. The Labute approximate surface area is 184 Å². The molecule has 0 aromatic rings. The minimum Gasteiger partial charge on any atom is -0.394 e. The van der Waals surface area contributed by atoms with Crippen molar-refractivity contribution in [3.8, 4) is 0 Å². The lowest BCUT2D eigenvalue weighted by atomic mass is 10.0. The van der Waals surface area contributed by atoms with E-state index in [1.54, 1.807) is 0 Å². The Kier molecular flexibility index (Phi) is 17.7. The fourth-order valence-electron chi connectivity index (χ4n) is 3.92. The summed E-state index contributed by atoms with van der Waals surface area (Å²) in [7, 11) is 0. The summed E-state index contributed by atoms with van der Waals surface area (Å²) in [5, 5.41) is 28.9. The first-order valence-corrected chi connectivity index (χ1v) is 12.6. The van der Waals surface area contributed by atoms with Crippen LogP contribution in [0.3, 0.4) is 0 Å². The third-order valence-electron chi connectivity index (χ3n) is 6.00. The smallest absolute Gasteiger partial charge is 0.111 e. The van der Waals surface area contributed by atoms with E-state index in [0.29, 0.717) is 6.61 Å². The van der Waals surface area contributed by atoms with Crippen LogP contribution in [0.5, 0.6) is 0 Å². The molecule has 0 radical (unpaired) electrons. The van der Waals surface area contributed by atoms with Gasteiger partial charge in [0.25, 0.3) is 0 Å². The maximum absolute atomic E-state index is 10.0. The second kappa shape index (κ2) is 19.2. The number of aliphatic hydroxyl groups is 3. The molecule has 0 unspecified atom stereocenters. The minimum atomic E-state index is -1.09. The average molecular weight is 429 g/mol. The molecule has 0 amide bonds. The monoisotopic (exact) mass is 428 g/mol. The second-order valence-electron chi connectivity index (χ2n) is 8.74. The Hall–Kier alpha value is -0.460. The molecule has 1 fully saturated rings. The van der Waals surface area contributed by atoms with Crippen molar-refractivity contribution >= 4 is 0 Å². The average Bonchev–Trinajstić information content (AvgIpc) is 2.75. The highest BCUT2D eigenvalue weighted by Gasteiger charge is 2.38. The van der Waals surface area contributed by atoms with E-state index >= 15 is 0 Å². The molecule has 0 spiro atoms. The number of rotatable bonds is 19. The minimum absolute atomic E-state index is 0.215. The molecule has 0 bridgehead atoms. The van der Waals surface area contributed by atoms with E-state index in [0.717, 1.165) is 19.3 Å². The van der Waals surface area contributed by atoms with Crippen molar-refractivity contribution < 1.29 is 24.8 Å². The molecule has 1 aliphatic rings. The van der Waals surface area contributed by atoms with Gasteiger partial charge in [0.2, 0.25) is 0 Å². The van der Waals surface area contributed by atoms with Crippen LogP contribution < -0.4 is 0 Å². The Morgan fingerprint density at radius 1 is 0.767 bits per heavy atom. The number of hydrogen-bond acceptors (Lipinski definition) is 5. The van der Waals surface area contributed by atoms with Crippen molar-refractivity contribution in [1.29, 1.82) is 0 Å². The molecule has 3 N–H and O–H groups in total. The molecule has 0 aromatic carbocycles. The van der Waals surface area contributed by atoms with Gasteiger partial charge in [0.15, 0.2) is 0 Å². The first-order chi connectivity index (χ1) is 14.7. The largest absolute Gasteiger partial charge is 0.394 e. The Balaban J connectivity index is 1.83. The third kappa shape index (κ3) is 13.1. The van der Waals surface area contributed by atoms with Gasteiger partial charge in [0, 0.05) is 6.61 Å². The van der Waals surface area contributed by atoms with E-state index in [-0.39, 0.29) is 13.2 Å². The molecule has 5 heteroatoms. The maximum Gasteiger partial charge on any atom is 0.111 e. The Morgan fingerprint density at radius 3 is 1.87 bits per heavy atom. The summed E-state index contributed by atoms with van der Waals surface area (Å²) in [5.74, 6) is 0. The zero-order valence-electron chi connectivity index (χ0n) is 19.4. The van der Waals surface area contributed by atoms with Crippen molar-refractivity contribution in [2.24, 2.45) is 0 Å². The summed E-state index contributed by atoms with van der Waals surface area (Å²) in [6, 6.07) is 0. The van der Waals surface area contributed by atoms with Gasteiger partial charge in [0.1, 0.15) is 24.4 Å². The van der Waals surface area contributed by atoms with Crippen LogP contribution >= 0.6 is 0 Å². The van der Waals surface area contributed by atoms with Crippen LogP contribution in [-0.4, -0.2) is 59.6 Å². The summed E-state index contributed by atoms with van der Waals surface area (Å²) in [5.41, 5.74) is 0. The Bertz CT molecular complexity index is 401. The molecule has 0 aliphatic carbocycles. The molecule has 1 heterocycles. The SMILES string of the molecule is CCCCCCCCCCC/C=C/CCCCCCO[C@H]1CO[C@H](CO)[C@@H](O)[C@@H]1O. The van der Waals surface area contributed by atoms with Crippen LogP contribution in [0.1, 0.15) is 103 Å². The van der Waals surface area contributed by atoms with Crippen molar-refractivity contribution in [3.63, 3.8) is 0 Å². The van der Waals surface area contributed by atoms with Crippen LogP contribution in [0.2, 0.25) is 0 Å².